The van der Waals surface area contributed by atoms with Crippen LogP contribution in [0.15, 0.2) is 69.9 Å². The highest BCUT2D eigenvalue weighted by Crippen LogP contribution is 2.37. The monoisotopic (exact) mass is 380 g/mol. The number of fused-ring (bicyclic) bond motifs is 1. The van der Waals surface area contributed by atoms with Gasteiger partial charge in [0.2, 0.25) is 5.75 Å². The molecule has 0 saturated heterocycles. The molecule has 1 aromatic heterocycles. The van der Waals surface area contributed by atoms with Gasteiger partial charge < -0.3 is 18.6 Å². The lowest BCUT2D eigenvalue weighted by atomic mass is 10.2. The largest absolute Gasteiger partial charge is 0.493 e. The highest BCUT2D eigenvalue weighted by molar-refractivity contribution is 5.89. The summed E-state index contributed by atoms with van der Waals surface area (Å²) in [5.41, 5.74) is 0.749. The van der Waals surface area contributed by atoms with Gasteiger partial charge in [-0.3, -0.25) is 0 Å². The van der Waals surface area contributed by atoms with E-state index in [0.29, 0.717) is 42.1 Å². The molecule has 0 radical (unpaired) electrons. The Balaban J connectivity index is 1.97. The first kappa shape index (κ1) is 19.5. The number of para-hydroxylation sites is 1. The summed E-state index contributed by atoms with van der Waals surface area (Å²) in [5.74, 6) is 0.923. The zero-order valence-corrected chi connectivity index (χ0v) is 16.1. The Labute approximate surface area is 164 Å². The lowest BCUT2D eigenvalue weighted by Crippen LogP contribution is -2.11. The molecule has 0 aliphatic heterocycles. The van der Waals surface area contributed by atoms with Crippen LogP contribution in [-0.4, -0.2) is 13.7 Å². The summed E-state index contributed by atoms with van der Waals surface area (Å²) < 4.78 is 22.6. The summed E-state index contributed by atoms with van der Waals surface area (Å²) in [5, 5.41) is 0.633. The van der Waals surface area contributed by atoms with E-state index < -0.39 is 5.63 Å². The van der Waals surface area contributed by atoms with E-state index in [1.165, 1.54) is 7.11 Å². The minimum Gasteiger partial charge on any atom is -0.493 e. The summed E-state index contributed by atoms with van der Waals surface area (Å²) >= 11 is 0. The third-order valence-corrected chi connectivity index (χ3v) is 4.19. The Hall–Kier alpha value is -3.21. The first-order chi connectivity index (χ1) is 13.7. The fourth-order valence-corrected chi connectivity index (χ4v) is 2.83. The van der Waals surface area contributed by atoms with E-state index >= 15 is 0 Å². The summed E-state index contributed by atoms with van der Waals surface area (Å²) in [6, 6.07) is 15.1. The van der Waals surface area contributed by atoms with Crippen molar-refractivity contribution in [3.8, 4) is 17.2 Å². The molecule has 146 valence electrons. The number of allylic oxidation sites excluding steroid dienone is 1. The molecule has 0 spiro atoms. The molecule has 0 unspecified atom stereocenters. The summed E-state index contributed by atoms with van der Waals surface area (Å²) in [6.07, 6.45) is 5.74. The van der Waals surface area contributed by atoms with Gasteiger partial charge in [0.25, 0.3) is 0 Å². The molecule has 2 aromatic carbocycles. The van der Waals surface area contributed by atoms with Gasteiger partial charge in [0.15, 0.2) is 17.1 Å². The number of ether oxygens (including phenoxy) is 3. The fourth-order valence-electron chi connectivity index (χ4n) is 2.83. The van der Waals surface area contributed by atoms with Gasteiger partial charge in [0.05, 0.1) is 19.1 Å². The molecule has 0 fully saturated rings. The van der Waals surface area contributed by atoms with Gasteiger partial charge in [-0.05, 0) is 30.5 Å². The van der Waals surface area contributed by atoms with Crippen molar-refractivity contribution < 1.29 is 18.6 Å². The van der Waals surface area contributed by atoms with Crippen LogP contribution in [0.5, 0.6) is 17.2 Å². The maximum absolute atomic E-state index is 12.6. The zero-order chi connectivity index (χ0) is 19.8. The van der Waals surface area contributed by atoms with Crippen LogP contribution < -0.4 is 19.8 Å². The minimum absolute atomic E-state index is 0.0848. The Bertz CT molecular complexity index is 989. The molecule has 0 bridgehead atoms. The van der Waals surface area contributed by atoms with Gasteiger partial charge in [-0.2, -0.15) is 0 Å². The van der Waals surface area contributed by atoms with Crippen LogP contribution in [0.1, 0.15) is 25.3 Å². The van der Waals surface area contributed by atoms with Gasteiger partial charge in [-0.25, -0.2) is 4.79 Å². The summed E-state index contributed by atoms with van der Waals surface area (Å²) in [4.78, 5) is 12.6. The van der Waals surface area contributed by atoms with Gasteiger partial charge in [-0.1, -0.05) is 55.5 Å². The fraction of sp³-hybridized carbons (Fsp3) is 0.261. The van der Waals surface area contributed by atoms with Gasteiger partial charge in [-0.15, -0.1) is 0 Å². The predicted molar refractivity (Wildman–Crippen MR) is 109 cm³/mol. The second kappa shape index (κ2) is 9.65. The second-order valence-electron chi connectivity index (χ2n) is 6.18. The molecular formula is C23H24O5. The highest BCUT2D eigenvalue weighted by atomic mass is 16.5. The topological polar surface area (TPSA) is 57.9 Å². The van der Waals surface area contributed by atoms with Crippen molar-refractivity contribution in [3.05, 3.63) is 76.7 Å². The minimum atomic E-state index is -0.584. The van der Waals surface area contributed by atoms with Crippen molar-refractivity contribution in [2.75, 3.05) is 13.7 Å². The third kappa shape index (κ3) is 4.55. The second-order valence-corrected chi connectivity index (χ2v) is 6.18. The quantitative estimate of drug-likeness (QED) is 0.293. The number of methoxy groups -OCH3 is 1. The Kier molecular flexibility index (Phi) is 6.73. The summed E-state index contributed by atoms with van der Waals surface area (Å²) in [6.45, 7) is 2.74. The van der Waals surface area contributed by atoms with Crippen LogP contribution >= 0.6 is 0 Å². The highest BCUT2D eigenvalue weighted by Gasteiger charge is 2.20. The van der Waals surface area contributed by atoms with E-state index in [-0.39, 0.29) is 5.75 Å². The maximum Gasteiger partial charge on any atom is 0.383 e. The molecule has 0 amide bonds. The predicted octanol–water partition coefficient (Wildman–Crippen LogP) is 5.12. The number of rotatable bonds is 9. The molecule has 5 heteroatoms. The van der Waals surface area contributed by atoms with E-state index in [4.69, 9.17) is 18.6 Å². The maximum atomic E-state index is 12.6. The van der Waals surface area contributed by atoms with Gasteiger partial charge in [0, 0.05) is 0 Å². The Morgan fingerprint density at radius 2 is 1.79 bits per heavy atom. The van der Waals surface area contributed by atoms with Crippen molar-refractivity contribution in [2.45, 2.75) is 26.4 Å². The van der Waals surface area contributed by atoms with E-state index in [1.807, 2.05) is 48.5 Å². The first-order valence-electron chi connectivity index (χ1n) is 9.33. The molecule has 0 saturated carbocycles. The Morgan fingerprint density at radius 1 is 0.964 bits per heavy atom. The molecule has 0 atom stereocenters. The average Bonchev–Trinajstić information content (AvgIpc) is 2.73. The van der Waals surface area contributed by atoms with Crippen molar-refractivity contribution in [1.29, 1.82) is 0 Å². The number of hydrogen-bond donors (Lipinski definition) is 0. The van der Waals surface area contributed by atoms with Crippen molar-refractivity contribution in [3.63, 3.8) is 0 Å². The molecule has 28 heavy (non-hydrogen) atoms. The molecule has 1 heterocycles. The van der Waals surface area contributed by atoms with E-state index in [1.54, 1.807) is 6.07 Å². The van der Waals surface area contributed by atoms with Crippen molar-refractivity contribution >= 4 is 11.0 Å². The van der Waals surface area contributed by atoms with Crippen LogP contribution in [0, 0.1) is 0 Å². The van der Waals surface area contributed by atoms with Crippen LogP contribution in [0.2, 0.25) is 0 Å². The lowest BCUT2D eigenvalue weighted by Gasteiger charge is -2.14. The molecular weight excluding hydrogens is 356 g/mol. The van der Waals surface area contributed by atoms with Gasteiger partial charge >= 0.3 is 5.63 Å². The first-order valence-corrected chi connectivity index (χ1v) is 9.33. The standard InChI is InChI=1S/C23H24O5/c1-3-4-5-9-15-26-22-21(27-16-17-11-7-6-8-12-17)18-13-10-14-19(25-2)20(18)28-23(22)24/h4-8,10-14H,3,9,15-16H2,1-2H3. The number of hydrogen-bond acceptors (Lipinski definition) is 5. The third-order valence-electron chi connectivity index (χ3n) is 4.19. The van der Waals surface area contributed by atoms with E-state index in [9.17, 15) is 4.79 Å². The Morgan fingerprint density at radius 3 is 2.54 bits per heavy atom. The van der Waals surface area contributed by atoms with Crippen molar-refractivity contribution in [1.82, 2.24) is 0 Å². The van der Waals surface area contributed by atoms with Gasteiger partial charge in [0.1, 0.15) is 6.61 Å². The van der Waals surface area contributed by atoms with E-state index in [2.05, 4.69) is 13.0 Å². The van der Waals surface area contributed by atoms with Crippen LogP contribution in [-0.2, 0) is 6.61 Å². The summed E-state index contributed by atoms with van der Waals surface area (Å²) in [7, 11) is 1.53. The SMILES string of the molecule is CCC=CCCOc1c(OCc2ccccc2)c2cccc(OC)c2oc1=O. The molecule has 3 rings (SSSR count). The van der Waals surface area contributed by atoms with Crippen LogP contribution in [0.4, 0.5) is 0 Å². The number of benzene rings is 2. The van der Waals surface area contributed by atoms with E-state index in [0.717, 1.165) is 12.0 Å². The van der Waals surface area contributed by atoms with Crippen LogP contribution in [0.3, 0.4) is 0 Å². The molecule has 0 N–H and O–H groups in total. The smallest absolute Gasteiger partial charge is 0.383 e. The molecule has 0 aliphatic rings. The lowest BCUT2D eigenvalue weighted by molar-refractivity contribution is 0.256. The molecule has 5 nitrogen and oxygen atoms in total. The van der Waals surface area contributed by atoms with Crippen LogP contribution in [0.25, 0.3) is 11.0 Å². The molecule has 3 aromatic rings. The average molecular weight is 380 g/mol. The normalized spacial score (nSPS) is 11.1. The zero-order valence-electron chi connectivity index (χ0n) is 16.1. The van der Waals surface area contributed by atoms with Crippen molar-refractivity contribution in [2.24, 2.45) is 0 Å². The molecule has 0 aliphatic carbocycles.